The van der Waals surface area contributed by atoms with Gasteiger partial charge in [-0.05, 0) is 203 Å². The highest BCUT2D eigenvalue weighted by Gasteiger charge is 2.50. The molecule has 0 radical (unpaired) electrons. The molecule has 0 fully saturated rings. The Hall–Kier alpha value is -8.55. The van der Waals surface area contributed by atoms with E-state index in [2.05, 4.69) is 375 Å². The lowest BCUT2D eigenvalue weighted by Gasteiger charge is -2.48. The molecule has 11 aromatic carbocycles. The van der Waals surface area contributed by atoms with Gasteiger partial charge in [0, 0.05) is 82.1 Å². The fraction of sp³-hybridized carbons (Fsp3) is 0.267. The molecule has 98 heavy (non-hydrogen) atoms. The molecule has 11 aromatic rings. The molecule has 0 atom stereocenters. The molecule has 4 aliphatic rings. The molecule has 0 spiro atoms. The van der Waals surface area contributed by atoms with Crippen LogP contribution >= 0.6 is 23.5 Å². The third-order valence-corrected chi connectivity index (χ3v) is 22.9. The van der Waals surface area contributed by atoms with Crippen molar-refractivity contribution < 1.29 is 0 Å². The molecule has 0 saturated heterocycles. The number of nitrogens with zero attached hydrogens (tertiary/aromatic N) is 4. The first-order valence-corrected chi connectivity index (χ1v) is 36.9. The summed E-state index contributed by atoms with van der Waals surface area (Å²) in [4.78, 5) is 15.6. The van der Waals surface area contributed by atoms with E-state index in [9.17, 15) is 0 Å². The Kier molecular flexibility index (Phi) is 15.7. The Labute approximate surface area is 594 Å². The molecule has 15 rings (SSSR count). The number of hydrogen-bond donors (Lipinski definition) is 0. The molecule has 4 nitrogen and oxygen atoms in total. The van der Waals surface area contributed by atoms with E-state index in [-0.39, 0.29) is 45.9 Å². The molecule has 0 aromatic heterocycles. The zero-order valence-electron chi connectivity index (χ0n) is 60.7. The Balaban J connectivity index is 1.10. The van der Waals surface area contributed by atoms with E-state index in [1.807, 2.05) is 23.5 Å². The highest BCUT2D eigenvalue weighted by Crippen LogP contribution is 2.53. The van der Waals surface area contributed by atoms with Crippen LogP contribution in [0.2, 0.25) is 0 Å². The van der Waals surface area contributed by atoms with Crippen molar-refractivity contribution in [2.75, 3.05) is 19.6 Å². The molecule has 4 heterocycles. The first kappa shape index (κ1) is 65.4. The highest BCUT2D eigenvalue weighted by atomic mass is 32.2. The highest BCUT2D eigenvalue weighted by molar-refractivity contribution is 8.01. The summed E-state index contributed by atoms with van der Waals surface area (Å²) in [5, 5.41) is 0. The van der Waals surface area contributed by atoms with Crippen LogP contribution < -0.4 is 52.4 Å². The molecule has 0 N–H and O–H groups in total. The summed E-state index contributed by atoms with van der Waals surface area (Å²) in [7, 11) is 0. The summed E-state index contributed by atoms with van der Waals surface area (Å²) in [6.07, 6.45) is 0. The van der Waals surface area contributed by atoms with E-state index in [4.69, 9.17) is 0 Å². The summed E-state index contributed by atoms with van der Waals surface area (Å²) < 4.78 is 0. The smallest absolute Gasteiger partial charge is 0.252 e. The summed E-state index contributed by atoms with van der Waals surface area (Å²) in [5.74, 6) is 0. The van der Waals surface area contributed by atoms with Gasteiger partial charge in [-0.2, -0.15) is 0 Å². The van der Waals surface area contributed by atoms with Crippen LogP contribution in [0.5, 0.6) is 0 Å². The van der Waals surface area contributed by atoms with Crippen molar-refractivity contribution in [3.8, 4) is 0 Å². The first-order valence-electron chi connectivity index (χ1n) is 35.3. The second-order valence-electron chi connectivity index (χ2n) is 34.0. The number of anilines is 12. The Morgan fingerprint density at radius 1 is 0.255 bits per heavy atom. The van der Waals surface area contributed by atoms with E-state index in [0.29, 0.717) is 0 Å². The van der Waals surface area contributed by atoms with Crippen LogP contribution in [-0.2, 0) is 32.5 Å². The van der Waals surface area contributed by atoms with Gasteiger partial charge >= 0.3 is 0 Å². The third-order valence-electron chi connectivity index (χ3n) is 20.7. The fourth-order valence-corrected chi connectivity index (χ4v) is 18.1. The average Bonchev–Trinajstić information content (AvgIpc) is 0.682. The second-order valence-corrected chi connectivity index (χ2v) is 36.1. The zero-order chi connectivity index (χ0) is 68.9. The number of benzene rings is 11. The maximum Gasteiger partial charge on any atom is 0.252 e. The zero-order valence-corrected chi connectivity index (χ0v) is 62.3. The summed E-state index contributed by atoms with van der Waals surface area (Å²) in [6.45, 7) is 43.1. The largest absolute Gasteiger partial charge is 0.311 e. The molecular weight excluding hydrogens is 1220 g/mol. The molecule has 8 heteroatoms. The van der Waals surface area contributed by atoms with Crippen LogP contribution in [0.4, 0.5) is 68.2 Å². The quantitative estimate of drug-likeness (QED) is 0.140. The van der Waals surface area contributed by atoms with Gasteiger partial charge in [-0.25, -0.2) is 0 Å². The van der Waals surface area contributed by atoms with Crippen LogP contribution in [0.15, 0.2) is 250 Å². The third kappa shape index (κ3) is 11.4. The lowest BCUT2D eigenvalue weighted by Crippen LogP contribution is -2.65. The van der Waals surface area contributed by atoms with E-state index in [1.54, 1.807) is 0 Å². The number of fused-ring (bicyclic) bond motifs is 8. The Morgan fingerprint density at radius 2 is 0.612 bits per heavy atom. The van der Waals surface area contributed by atoms with Gasteiger partial charge < -0.3 is 19.6 Å². The van der Waals surface area contributed by atoms with Gasteiger partial charge in [0.25, 0.3) is 6.71 Å². The summed E-state index contributed by atoms with van der Waals surface area (Å²) >= 11 is 3.95. The minimum absolute atomic E-state index is 0.0587. The monoisotopic (exact) mass is 1310 g/mol. The van der Waals surface area contributed by atoms with Crippen LogP contribution in [0.25, 0.3) is 0 Å². The lowest BCUT2D eigenvalue weighted by atomic mass is 9.30. The molecule has 0 bridgehead atoms. The first-order chi connectivity index (χ1) is 46.4. The maximum absolute atomic E-state index is 2.75. The lowest BCUT2D eigenvalue weighted by molar-refractivity contribution is 0.568. The number of hydrogen-bond acceptors (Lipinski definition) is 6. The fourth-order valence-electron chi connectivity index (χ4n) is 15.5. The van der Waals surface area contributed by atoms with Gasteiger partial charge in [0.05, 0.1) is 5.69 Å². The summed E-state index contributed by atoms with van der Waals surface area (Å²) in [5.41, 5.74) is 29.2. The van der Waals surface area contributed by atoms with Crippen molar-refractivity contribution in [2.24, 2.45) is 0 Å². The van der Waals surface area contributed by atoms with Crippen LogP contribution in [0.1, 0.15) is 158 Å². The number of rotatable bonds is 8. The Bertz CT molecular complexity index is 4820. The van der Waals surface area contributed by atoms with Crippen molar-refractivity contribution >= 4 is 138 Å². The second kappa shape index (κ2) is 23.6. The van der Waals surface area contributed by atoms with E-state index >= 15 is 0 Å². The van der Waals surface area contributed by atoms with E-state index < -0.39 is 0 Å². The van der Waals surface area contributed by atoms with Gasteiger partial charge in [0.1, 0.15) is 0 Å². The van der Waals surface area contributed by atoms with E-state index in [1.165, 1.54) is 114 Å². The summed E-state index contributed by atoms with van der Waals surface area (Å²) in [6, 6.07) is 88.7. The average molecular weight is 1320 g/mol. The predicted molar refractivity (Wildman–Crippen MR) is 428 cm³/mol. The van der Waals surface area contributed by atoms with Gasteiger partial charge in [0.15, 0.2) is 0 Å². The van der Waals surface area contributed by atoms with Gasteiger partial charge in [-0.1, -0.05) is 274 Å². The van der Waals surface area contributed by atoms with Crippen molar-refractivity contribution in [1.29, 1.82) is 0 Å². The standard InChI is InChI=1S/C90H92B2N4S2/c1-85(2,3)57-44-58(86(4,5)6)46-66(45-57)96-74-49-59(87(7,8)9)47-69(89(13,14)15)81(74)91-71-55-72-77(56-73(71)95(65-42-32-23-33-43-65)75-51-67(52-76(96)83(75)91)93(61-34-24-19-25-35-61)62-36-26-20-27-37-62)97-79-53-68(94(63-38-28-21-29-39-63)64-40-30-22-31-41-64)54-80-84(79)92(72)82-70(90(16,17)18)48-60(88(10,11)12)50-78(82)98-80/h19-56H,1-18H3. The van der Waals surface area contributed by atoms with Crippen LogP contribution in [0.3, 0.4) is 0 Å². The van der Waals surface area contributed by atoms with Crippen LogP contribution in [0, 0.1) is 0 Å². The predicted octanol–water partition coefficient (Wildman–Crippen LogP) is 21.9. The van der Waals surface area contributed by atoms with Crippen molar-refractivity contribution in [2.45, 2.75) is 177 Å². The molecule has 0 aliphatic carbocycles. The minimum Gasteiger partial charge on any atom is -0.311 e. The van der Waals surface area contributed by atoms with Gasteiger partial charge in [-0.3, -0.25) is 0 Å². The normalized spacial score (nSPS) is 14.1. The van der Waals surface area contributed by atoms with E-state index in [0.717, 1.165) is 39.8 Å². The van der Waals surface area contributed by atoms with Crippen molar-refractivity contribution in [3.63, 3.8) is 0 Å². The molecule has 0 amide bonds. The molecule has 0 saturated carbocycles. The van der Waals surface area contributed by atoms with Crippen LogP contribution in [-0.4, -0.2) is 13.4 Å². The molecule has 490 valence electrons. The van der Waals surface area contributed by atoms with Crippen molar-refractivity contribution in [3.05, 3.63) is 264 Å². The maximum atomic E-state index is 2.75. The topological polar surface area (TPSA) is 13.0 Å². The molecule has 4 aliphatic heterocycles. The number of para-hydroxylation sites is 5. The van der Waals surface area contributed by atoms with Crippen molar-refractivity contribution in [1.82, 2.24) is 0 Å². The Morgan fingerprint density at radius 3 is 1.05 bits per heavy atom. The van der Waals surface area contributed by atoms with Gasteiger partial charge in [-0.15, -0.1) is 0 Å². The molecule has 0 unspecified atom stereocenters. The molecular formula is C90H92B2N4S2. The SMILES string of the molecule is CC(C)(C)c1cc(N2c3cc(N(c4ccccc4)c4ccccc4)cc4c3B(c3cc5c(cc3N4c3ccccc3)Sc3cc(N(c4ccccc4)c4ccccc4)cc4c3B5c3c(cc(C(C)(C)C)cc3C(C)(C)C)S4)c3c2cc(C(C)(C)C)cc3C(C)(C)C)cc(C(C)(C)C)c1. The van der Waals surface area contributed by atoms with Gasteiger partial charge in [0.2, 0.25) is 6.71 Å². The minimum atomic E-state index is -0.262.